The highest BCUT2D eigenvalue weighted by Gasteiger charge is 2.19. The van der Waals surface area contributed by atoms with Gasteiger partial charge >= 0.3 is 17.9 Å². The standard InChI is InChI=1S/C55H94O6/c1-4-7-10-13-16-19-22-24-26-27-28-30-31-33-36-39-42-45-48-54(57)60-51-52(50-59-53(56)47-44-41-38-35-21-18-15-12-9-6-3)61-55(58)49-46-43-40-37-34-32-29-25-23-20-17-14-11-8-5-2/h15-16,18-20,22-24,26-28,30,52H,4-14,17,21,25,29,31-51H2,1-3H3/b18-15-,19-16-,23-20-,24-22-,27-26-,30-28-. The third-order valence-electron chi connectivity index (χ3n) is 10.7. The van der Waals surface area contributed by atoms with Gasteiger partial charge in [0.05, 0.1) is 0 Å². The summed E-state index contributed by atoms with van der Waals surface area (Å²) in [6.07, 6.45) is 61.6. The Bertz CT molecular complexity index is 1160. The zero-order valence-electron chi connectivity index (χ0n) is 39.9. The van der Waals surface area contributed by atoms with Crippen molar-refractivity contribution in [1.82, 2.24) is 0 Å². The molecule has 0 bridgehead atoms. The van der Waals surface area contributed by atoms with E-state index in [0.29, 0.717) is 19.3 Å². The van der Waals surface area contributed by atoms with Gasteiger partial charge in [0.25, 0.3) is 0 Å². The van der Waals surface area contributed by atoms with Crippen molar-refractivity contribution >= 4 is 17.9 Å². The molecule has 61 heavy (non-hydrogen) atoms. The number of hydrogen-bond acceptors (Lipinski definition) is 6. The molecule has 1 unspecified atom stereocenters. The van der Waals surface area contributed by atoms with E-state index < -0.39 is 6.10 Å². The Morgan fingerprint density at radius 1 is 0.328 bits per heavy atom. The van der Waals surface area contributed by atoms with Crippen molar-refractivity contribution in [2.75, 3.05) is 13.2 Å². The van der Waals surface area contributed by atoms with Gasteiger partial charge in [-0.3, -0.25) is 14.4 Å². The summed E-state index contributed by atoms with van der Waals surface area (Å²) >= 11 is 0. The van der Waals surface area contributed by atoms with Gasteiger partial charge in [-0.05, 0) is 89.9 Å². The Morgan fingerprint density at radius 2 is 0.623 bits per heavy atom. The fraction of sp³-hybridized carbons (Fsp3) is 0.727. The van der Waals surface area contributed by atoms with Gasteiger partial charge in [-0.25, -0.2) is 0 Å². The van der Waals surface area contributed by atoms with Gasteiger partial charge in [0, 0.05) is 19.3 Å². The first-order chi connectivity index (χ1) is 30.0. The van der Waals surface area contributed by atoms with Gasteiger partial charge in [0.1, 0.15) is 13.2 Å². The van der Waals surface area contributed by atoms with Crippen LogP contribution in [0.15, 0.2) is 72.9 Å². The minimum absolute atomic E-state index is 0.0913. The van der Waals surface area contributed by atoms with Crippen LogP contribution >= 0.6 is 0 Å². The van der Waals surface area contributed by atoms with E-state index in [0.717, 1.165) is 103 Å². The minimum atomic E-state index is -0.790. The number of allylic oxidation sites excluding steroid dienone is 12. The Kier molecular flexibility index (Phi) is 46.9. The normalized spacial score (nSPS) is 12.6. The zero-order chi connectivity index (χ0) is 44.4. The Morgan fingerprint density at radius 3 is 1.05 bits per heavy atom. The van der Waals surface area contributed by atoms with Crippen molar-refractivity contribution in [3.8, 4) is 0 Å². The van der Waals surface area contributed by atoms with Crippen molar-refractivity contribution in [1.29, 1.82) is 0 Å². The zero-order valence-corrected chi connectivity index (χ0v) is 39.9. The lowest BCUT2D eigenvalue weighted by molar-refractivity contribution is -0.167. The first-order valence-electron chi connectivity index (χ1n) is 25.5. The number of rotatable bonds is 45. The van der Waals surface area contributed by atoms with Gasteiger partial charge in [-0.1, -0.05) is 203 Å². The summed E-state index contributed by atoms with van der Waals surface area (Å²) in [5, 5.41) is 0. The highest BCUT2D eigenvalue weighted by molar-refractivity contribution is 5.71. The molecular formula is C55H94O6. The van der Waals surface area contributed by atoms with Gasteiger partial charge in [-0.2, -0.15) is 0 Å². The molecule has 6 heteroatoms. The van der Waals surface area contributed by atoms with Crippen LogP contribution in [0.3, 0.4) is 0 Å². The maximum atomic E-state index is 12.8. The van der Waals surface area contributed by atoms with Crippen LogP contribution in [-0.4, -0.2) is 37.2 Å². The predicted octanol–water partition coefficient (Wildman–Crippen LogP) is 16.6. The summed E-state index contributed by atoms with van der Waals surface area (Å²) < 4.78 is 16.7. The van der Waals surface area contributed by atoms with E-state index in [1.165, 1.54) is 96.3 Å². The van der Waals surface area contributed by atoms with Crippen molar-refractivity contribution in [3.05, 3.63) is 72.9 Å². The van der Waals surface area contributed by atoms with E-state index in [1.807, 2.05) is 0 Å². The number of carbonyl (C=O) groups is 3. The lowest BCUT2D eigenvalue weighted by Gasteiger charge is -2.18. The molecule has 0 saturated heterocycles. The third-order valence-corrected chi connectivity index (χ3v) is 10.7. The monoisotopic (exact) mass is 851 g/mol. The topological polar surface area (TPSA) is 78.9 Å². The Labute approximate surface area is 376 Å². The maximum Gasteiger partial charge on any atom is 0.306 e. The molecule has 0 aliphatic heterocycles. The minimum Gasteiger partial charge on any atom is -0.462 e. The quantitative estimate of drug-likeness (QED) is 0.0200. The summed E-state index contributed by atoms with van der Waals surface area (Å²) in [5.41, 5.74) is 0. The van der Waals surface area contributed by atoms with Crippen LogP contribution in [0.2, 0.25) is 0 Å². The van der Waals surface area contributed by atoms with Crippen LogP contribution in [0.25, 0.3) is 0 Å². The smallest absolute Gasteiger partial charge is 0.306 e. The third kappa shape index (κ3) is 47.7. The second kappa shape index (κ2) is 49.5. The molecule has 0 aromatic heterocycles. The SMILES string of the molecule is CCCC/C=C\CCCCCCC(=O)OCC(COC(=O)CCCCCCC\C=C/C=C\C=C/C=C\CCCCC)OC(=O)CCCCCCCCC/C=C\CCCCCC. The van der Waals surface area contributed by atoms with Crippen LogP contribution in [0.4, 0.5) is 0 Å². The number of hydrogen-bond donors (Lipinski definition) is 0. The molecule has 0 aliphatic carbocycles. The molecular weight excluding hydrogens is 757 g/mol. The van der Waals surface area contributed by atoms with E-state index >= 15 is 0 Å². The van der Waals surface area contributed by atoms with E-state index in [1.54, 1.807) is 0 Å². The number of unbranched alkanes of at least 4 members (excludes halogenated alkanes) is 25. The van der Waals surface area contributed by atoms with Gasteiger partial charge < -0.3 is 14.2 Å². The van der Waals surface area contributed by atoms with Crippen LogP contribution in [0, 0.1) is 0 Å². The van der Waals surface area contributed by atoms with E-state index in [4.69, 9.17) is 14.2 Å². The van der Waals surface area contributed by atoms with Crippen molar-refractivity contribution in [3.63, 3.8) is 0 Å². The van der Waals surface area contributed by atoms with Crippen LogP contribution in [0.5, 0.6) is 0 Å². The second-order valence-electron chi connectivity index (χ2n) is 16.8. The largest absolute Gasteiger partial charge is 0.462 e. The highest BCUT2D eigenvalue weighted by atomic mass is 16.6. The maximum absolute atomic E-state index is 12.8. The molecule has 0 aliphatic rings. The summed E-state index contributed by atoms with van der Waals surface area (Å²) in [6, 6.07) is 0. The van der Waals surface area contributed by atoms with Gasteiger partial charge in [0.2, 0.25) is 0 Å². The molecule has 0 radical (unpaired) electrons. The van der Waals surface area contributed by atoms with Crippen LogP contribution < -0.4 is 0 Å². The molecule has 0 saturated carbocycles. The van der Waals surface area contributed by atoms with Crippen molar-refractivity contribution < 1.29 is 28.6 Å². The van der Waals surface area contributed by atoms with E-state index in [2.05, 4.69) is 93.7 Å². The predicted molar refractivity (Wildman–Crippen MR) is 261 cm³/mol. The van der Waals surface area contributed by atoms with Crippen LogP contribution in [-0.2, 0) is 28.6 Å². The average molecular weight is 851 g/mol. The second-order valence-corrected chi connectivity index (χ2v) is 16.8. The molecule has 0 N–H and O–H groups in total. The van der Waals surface area contributed by atoms with E-state index in [-0.39, 0.29) is 31.1 Å². The average Bonchev–Trinajstić information content (AvgIpc) is 3.26. The summed E-state index contributed by atoms with van der Waals surface area (Å²) in [4.78, 5) is 37.9. The molecule has 0 fully saturated rings. The molecule has 0 amide bonds. The van der Waals surface area contributed by atoms with Gasteiger partial charge in [0.15, 0.2) is 6.10 Å². The molecule has 0 spiro atoms. The lowest BCUT2D eigenvalue weighted by atomic mass is 10.1. The molecule has 0 aromatic rings. The Hall–Kier alpha value is -3.15. The fourth-order valence-corrected chi connectivity index (χ4v) is 6.84. The van der Waals surface area contributed by atoms with Crippen molar-refractivity contribution in [2.45, 2.75) is 245 Å². The molecule has 0 rings (SSSR count). The van der Waals surface area contributed by atoms with Gasteiger partial charge in [-0.15, -0.1) is 0 Å². The molecule has 0 aromatic carbocycles. The fourth-order valence-electron chi connectivity index (χ4n) is 6.84. The first-order valence-corrected chi connectivity index (χ1v) is 25.5. The summed E-state index contributed by atoms with van der Waals surface area (Å²) in [7, 11) is 0. The molecule has 1 atom stereocenters. The van der Waals surface area contributed by atoms with Crippen LogP contribution in [0.1, 0.15) is 239 Å². The van der Waals surface area contributed by atoms with Crippen molar-refractivity contribution in [2.24, 2.45) is 0 Å². The number of carbonyl (C=O) groups excluding carboxylic acids is 3. The summed E-state index contributed by atoms with van der Waals surface area (Å²) in [6.45, 7) is 6.51. The first kappa shape index (κ1) is 57.9. The number of esters is 3. The summed E-state index contributed by atoms with van der Waals surface area (Å²) in [5.74, 6) is -0.932. The molecule has 0 heterocycles. The molecule has 350 valence electrons. The molecule has 6 nitrogen and oxygen atoms in total. The highest BCUT2D eigenvalue weighted by Crippen LogP contribution is 2.14. The number of ether oxygens (including phenoxy) is 3. The van der Waals surface area contributed by atoms with E-state index in [9.17, 15) is 14.4 Å². The lowest BCUT2D eigenvalue weighted by Crippen LogP contribution is -2.30. The Balaban J connectivity index is 4.42.